The summed E-state index contributed by atoms with van der Waals surface area (Å²) in [6, 6.07) is 30.1. The maximum Gasteiger partial charge on any atom is 0.220 e. The topological polar surface area (TPSA) is 143 Å². The quantitative estimate of drug-likeness (QED) is 0.0457. The van der Waals surface area contributed by atoms with Crippen molar-refractivity contribution in [3.63, 3.8) is 0 Å². The van der Waals surface area contributed by atoms with Crippen LogP contribution in [0.4, 0.5) is 17.1 Å². The van der Waals surface area contributed by atoms with E-state index in [4.69, 9.17) is 17.2 Å². The second-order valence-electron chi connectivity index (χ2n) is 8.67. The number of pyridine rings is 1. The lowest BCUT2D eigenvalue weighted by Gasteiger charge is -2.12. The van der Waals surface area contributed by atoms with Crippen LogP contribution in [0.2, 0.25) is 0 Å². The third-order valence-electron chi connectivity index (χ3n) is 6.13. The van der Waals surface area contributed by atoms with Gasteiger partial charge in [0.2, 0.25) is 17.2 Å². The monoisotopic (exact) mass is 502 g/mol. The van der Waals surface area contributed by atoms with Gasteiger partial charge in [0.25, 0.3) is 0 Å². The molecule has 38 heavy (non-hydrogen) atoms. The predicted molar refractivity (Wildman–Crippen MR) is 155 cm³/mol. The number of nitrogens with two attached hydrogens (primary N) is 3. The minimum atomic E-state index is -0.0929. The first-order valence-corrected chi connectivity index (χ1v) is 12.2. The molecule has 0 saturated carbocycles. The highest BCUT2D eigenvalue weighted by Crippen LogP contribution is 2.34. The van der Waals surface area contributed by atoms with Crippen LogP contribution in [0.5, 0.6) is 0 Å². The summed E-state index contributed by atoms with van der Waals surface area (Å²) in [5.41, 5.74) is 26.3. The SMILES string of the molecule is CC[n+]1c(-c2ccccc2)c2cc(NN=Nc3ccc(/C=N\N=C(N)N)cc3)ccc2c2ccc(N)cc21. The van der Waals surface area contributed by atoms with Gasteiger partial charge in [-0.3, -0.25) is 5.43 Å². The first-order valence-electron chi connectivity index (χ1n) is 12.2. The Bertz CT molecular complexity index is 1690. The lowest BCUT2D eigenvalue weighted by molar-refractivity contribution is -0.655. The predicted octanol–water partition coefficient (Wildman–Crippen LogP) is 5.27. The highest BCUT2D eigenvalue weighted by Gasteiger charge is 2.22. The molecule has 4 aromatic carbocycles. The van der Waals surface area contributed by atoms with E-state index >= 15 is 0 Å². The summed E-state index contributed by atoms with van der Waals surface area (Å²) >= 11 is 0. The average Bonchev–Trinajstić information content (AvgIpc) is 2.93. The van der Waals surface area contributed by atoms with Crippen molar-refractivity contribution < 1.29 is 4.57 Å². The largest absolute Gasteiger partial charge is 0.399 e. The minimum absolute atomic E-state index is 0.0929. The highest BCUT2D eigenvalue weighted by molar-refractivity contribution is 6.10. The zero-order valence-corrected chi connectivity index (χ0v) is 20.9. The lowest BCUT2D eigenvalue weighted by Crippen LogP contribution is -2.36. The first kappa shape index (κ1) is 24.4. The van der Waals surface area contributed by atoms with Gasteiger partial charge in [-0.1, -0.05) is 41.6 Å². The lowest BCUT2D eigenvalue weighted by atomic mass is 9.98. The molecule has 0 unspecified atom stereocenters. The summed E-state index contributed by atoms with van der Waals surface area (Å²) < 4.78 is 2.31. The van der Waals surface area contributed by atoms with Crippen LogP contribution in [0.15, 0.2) is 112 Å². The molecule has 0 aliphatic carbocycles. The van der Waals surface area contributed by atoms with Gasteiger partial charge in [0, 0.05) is 22.7 Å². The van der Waals surface area contributed by atoms with Gasteiger partial charge in [0.1, 0.15) is 6.54 Å². The summed E-state index contributed by atoms with van der Waals surface area (Å²) in [5, 5.41) is 19.3. The fourth-order valence-corrected chi connectivity index (χ4v) is 4.48. The van der Waals surface area contributed by atoms with Gasteiger partial charge in [-0.2, -0.15) is 9.67 Å². The molecule has 188 valence electrons. The van der Waals surface area contributed by atoms with E-state index in [0.29, 0.717) is 5.69 Å². The molecule has 7 N–H and O–H groups in total. The van der Waals surface area contributed by atoms with Crippen LogP contribution in [0.25, 0.3) is 32.9 Å². The average molecular weight is 503 g/mol. The van der Waals surface area contributed by atoms with E-state index in [0.717, 1.165) is 56.4 Å². The molecular formula is C29H28N9+. The van der Waals surface area contributed by atoms with E-state index in [9.17, 15) is 0 Å². The van der Waals surface area contributed by atoms with Gasteiger partial charge in [-0.05, 0) is 61.0 Å². The standard InChI is InChI=1S/C29H27N9/c1-2-38-27-16-21(30)10-14-25(27)24-15-13-23(17-26(24)28(38)20-6-4-3-5-7-20)35-37-34-22-11-8-19(9-12-22)18-33-36-29(31)32/h3-18,30H,2H2,1H3,(H5,31,32,33,34,35,36,37)/p+1. The Kier molecular flexibility index (Phi) is 6.90. The van der Waals surface area contributed by atoms with E-state index in [1.54, 1.807) is 6.21 Å². The molecule has 0 amide bonds. The molecule has 5 aromatic rings. The number of aryl methyl sites for hydroxylation is 1. The summed E-state index contributed by atoms with van der Waals surface area (Å²) in [4.78, 5) is 0. The van der Waals surface area contributed by atoms with E-state index < -0.39 is 0 Å². The van der Waals surface area contributed by atoms with Gasteiger partial charge >= 0.3 is 0 Å². The number of nitrogens with zero attached hydrogens (tertiary/aromatic N) is 5. The zero-order valence-electron chi connectivity index (χ0n) is 20.9. The number of guanidine groups is 1. The molecule has 9 heteroatoms. The maximum absolute atomic E-state index is 6.18. The Balaban J connectivity index is 1.50. The molecule has 0 fully saturated rings. The second-order valence-corrected chi connectivity index (χ2v) is 8.67. The van der Waals surface area contributed by atoms with Crippen LogP contribution in [-0.4, -0.2) is 12.2 Å². The summed E-state index contributed by atoms with van der Waals surface area (Å²) in [6.45, 7) is 2.94. The Morgan fingerprint density at radius 2 is 1.63 bits per heavy atom. The van der Waals surface area contributed by atoms with Crippen LogP contribution in [0.1, 0.15) is 12.5 Å². The van der Waals surface area contributed by atoms with Crippen molar-refractivity contribution >= 4 is 50.9 Å². The van der Waals surface area contributed by atoms with Gasteiger partial charge in [0.05, 0.1) is 28.4 Å². The number of nitrogen functional groups attached to an aromatic ring is 1. The highest BCUT2D eigenvalue weighted by atomic mass is 15.4. The Morgan fingerprint density at radius 1 is 0.868 bits per heavy atom. The van der Waals surface area contributed by atoms with Gasteiger partial charge < -0.3 is 17.2 Å². The van der Waals surface area contributed by atoms with Crippen LogP contribution in [-0.2, 0) is 6.54 Å². The Hall–Kier alpha value is -5.31. The molecular weight excluding hydrogens is 474 g/mol. The molecule has 5 rings (SSSR count). The number of aromatic nitrogens is 1. The van der Waals surface area contributed by atoms with Crippen LogP contribution in [0, 0.1) is 0 Å². The summed E-state index contributed by atoms with van der Waals surface area (Å²) in [7, 11) is 0. The number of rotatable bonds is 7. The molecule has 0 radical (unpaired) electrons. The normalized spacial score (nSPS) is 11.5. The smallest absolute Gasteiger partial charge is 0.220 e. The number of benzene rings is 4. The Labute approximate surface area is 220 Å². The number of nitrogens with one attached hydrogen (secondary N) is 1. The fourth-order valence-electron chi connectivity index (χ4n) is 4.48. The molecule has 1 heterocycles. The number of hydrogen-bond acceptors (Lipinski definition) is 5. The van der Waals surface area contributed by atoms with Crippen molar-refractivity contribution in [2.45, 2.75) is 13.5 Å². The van der Waals surface area contributed by atoms with Crippen LogP contribution in [0.3, 0.4) is 0 Å². The van der Waals surface area contributed by atoms with Crippen molar-refractivity contribution in [3.05, 3.63) is 96.6 Å². The van der Waals surface area contributed by atoms with Crippen molar-refractivity contribution in [1.29, 1.82) is 0 Å². The van der Waals surface area contributed by atoms with Gasteiger partial charge in [-0.15, -0.1) is 10.2 Å². The number of fused-ring (bicyclic) bond motifs is 3. The van der Waals surface area contributed by atoms with E-state index in [1.165, 1.54) is 0 Å². The minimum Gasteiger partial charge on any atom is -0.399 e. The maximum atomic E-state index is 6.18. The molecule has 0 atom stereocenters. The first-order chi connectivity index (χ1) is 18.5. The second kappa shape index (κ2) is 10.8. The molecule has 9 nitrogen and oxygen atoms in total. The van der Waals surface area contributed by atoms with Crippen molar-refractivity contribution in [3.8, 4) is 11.3 Å². The number of hydrogen-bond donors (Lipinski definition) is 4. The molecule has 0 saturated heterocycles. The van der Waals surface area contributed by atoms with E-state index in [2.05, 4.69) is 79.9 Å². The van der Waals surface area contributed by atoms with Crippen molar-refractivity contribution in [2.75, 3.05) is 11.2 Å². The van der Waals surface area contributed by atoms with Crippen molar-refractivity contribution in [2.24, 2.45) is 32.0 Å². The van der Waals surface area contributed by atoms with E-state index in [1.807, 2.05) is 48.5 Å². The zero-order chi connectivity index (χ0) is 26.5. The van der Waals surface area contributed by atoms with Crippen LogP contribution < -0.4 is 27.2 Å². The van der Waals surface area contributed by atoms with Gasteiger partial charge in [-0.25, -0.2) is 0 Å². The molecule has 0 bridgehead atoms. The summed E-state index contributed by atoms with van der Waals surface area (Å²) in [5.74, 6) is -0.0929. The van der Waals surface area contributed by atoms with Crippen molar-refractivity contribution in [1.82, 2.24) is 0 Å². The number of anilines is 2. The summed E-state index contributed by atoms with van der Waals surface area (Å²) in [6.07, 6.45) is 1.55. The third-order valence-corrected chi connectivity index (χ3v) is 6.13. The van der Waals surface area contributed by atoms with Crippen LogP contribution >= 0.6 is 0 Å². The Morgan fingerprint density at radius 3 is 2.37 bits per heavy atom. The fraction of sp³-hybridized carbons (Fsp3) is 0.0690. The molecule has 1 aromatic heterocycles. The third kappa shape index (κ3) is 5.12. The van der Waals surface area contributed by atoms with Gasteiger partial charge in [0.15, 0.2) is 0 Å². The molecule has 0 aliphatic rings. The molecule has 0 spiro atoms. The van der Waals surface area contributed by atoms with E-state index in [-0.39, 0.29) is 5.96 Å². The molecule has 0 aliphatic heterocycles.